The molecule has 1 aliphatic rings. The van der Waals surface area contributed by atoms with Gasteiger partial charge in [-0.2, -0.15) is 0 Å². The average molecular weight is 335 g/mol. The predicted octanol–water partition coefficient (Wildman–Crippen LogP) is 2.27. The van der Waals surface area contributed by atoms with E-state index in [9.17, 15) is 14.7 Å². The van der Waals surface area contributed by atoms with Crippen LogP contribution in [0.2, 0.25) is 0 Å². The average Bonchev–Trinajstić information content (AvgIpc) is 2.53. The van der Waals surface area contributed by atoms with Gasteiger partial charge in [-0.3, -0.25) is 0 Å². The van der Waals surface area contributed by atoms with Crippen LogP contribution in [0.15, 0.2) is 18.2 Å². The molecule has 132 valence electrons. The van der Waals surface area contributed by atoms with E-state index in [4.69, 9.17) is 10.5 Å². The molecule has 0 aliphatic carbocycles. The minimum absolute atomic E-state index is 0.176. The first kappa shape index (κ1) is 17.9. The van der Waals surface area contributed by atoms with Gasteiger partial charge in [-0.15, -0.1) is 0 Å². The minimum atomic E-state index is -0.911. The molecule has 0 aromatic heterocycles. The van der Waals surface area contributed by atoms with Crippen molar-refractivity contribution in [3.05, 3.63) is 23.8 Å². The first-order chi connectivity index (χ1) is 11.2. The zero-order valence-electron chi connectivity index (χ0n) is 14.6. The van der Waals surface area contributed by atoms with Crippen molar-refractivity contribution in [1.82, 2.24) is 4.90 Å². The molecule has 0 saturated carbocycles. The third-order valence-corrected chi connectivity index (χ3v) is 4.45. The van der Waals surface area contributed by atoms with Gasteiger partial charge in [0, 0.05) is 19.6 Å². The number of benzene rings is 1. The van der Waals surface area contributed by atoms with Gasteiger partial charge in [0.05, 0.1) is 30.1 Å². The molecule has 1 saturated heterocycles. The van der Waals surface area contributed by atoms with Crippen molar-refractivity contribution in [1.29, 1.82) is 0 Å². The van der Waals surface area contributed by atoms with Crippen molar-refractivity contribution >= 4 is 23.4 Å². The number of piperazine rings is 1. The first-order valence-electron chi connectivity index (χ1n) is 7.88. The number of nitrogen functional groups attached to an aromatic ring is 1. The maximum Gasteiger partial charge on any atom is 0.407 e. The van der Waals surface area contributed by atoms with Gasteiger partial charge in [-0.25, -0.2) is 9.59 Å². The number of para-hydroxylation sites is 1. The molecule has 1 heterocycles. The molecule has 1 fully saturated rings. The summed E-state index contributed by atoms with van der Waals surface area (Å²) in [6, 6.07) is 5.05. The minimum Gasteiger partial charge on any atom is -0.465 e. The normalized spacial score (nSPS) is 18.4. The second kappa shape index (κ2) is 6.59. The molecular weight excluding hydrogens is 310 g/mol. The summed E-state index contributed by atoms with van der Waals surface area (Å²) >= 11 is 0. The van der Waals surface area contributed by atoms with Gasteiger partial charge >= 0.3 is 12.1 Å². The van der Waals surface area contributed by atoms with Gasteiger partial charge in [0.15, 0.2) is 0 Å². The van der Waals surface area contributed by atoms with Crippen molar-refractivity contribution in [3.63, 3.8) is 0 Å². The SMILES string of the molecule is COC(=O)c1cccc(N2CCN(C(=O)O)C(C(C)(C)C)C2)c1N. The van der Waals surface area contributed by atoms with Crippen LogP contribution in [0.25, 0.3) is 0 Å². The number of hydrogen-bond acceptors (Lipinski definition) is 5. The summed E-state index contributed by atoms with van der Waals surface area (Å²) < 4.78 is 4.76. The van der Waals surface area contributed by atoms with Crippen LogP contribution in [0.4, 0.5) is 16.2 Å². The van der Waals surface area contributed by atoms with E-state index in [-0.39, 0.29) is 11.5 Å². The number of nitrogens with two attached hydrogens (primary N) is 1. The van der Waals surface area contributed by atoms with Crippen molar-refractivity contribution in [2.75, 3.05) is 37.4 Å². The monoisotopic (exact) mass is 335 g/mol. The van der Waals surface area contributed by atoms with E-state index >= 15 is 0 Å². The van der Waals surface area contributed by atoms with E-state index in [1.165, 1.54) is 12.0 Å². The zero-order chi connectivity index (χ0) is 18.1. The number of ether oxygens (including phenoxy) is 1. The molecule has 0 spiro atoms. The molecule has 24 heavy (non-hydrogen) atoms. The summed E-state index contributed by atoms with van der Waals surface area (Å²) in [6.45, 7) is 7.49. The molecule has 0 bridgehead atoms. The van der Waals surface area contributed by atoms with Crippen LogP contribution in [0, 0.1) is 5.41 Å². The van der Waals surface area contributed by atoms with Crippen molar-refractivity contribution < 1.29 is 19.4 Å². The second-order valence-electron chi connectivity index (χ2n) is 7.03. The Hall–Kier alpha value is -2.44. The van der Waals surface area contributed by atoms with Crippen molar-refractivity contribution in [2.24, 2.45) is 5.41 Å². The van der Waals surface area contributed by atoms with E-state index < -0.39 is 12.1 Å². The highest BCUT2D eigenvalue weighted by molar-refractivity contribution is 5.98. The third-order valence-electron chi connectivity index (χ3n) is 4.45. The lowest BCUT2D eigenvalue weighted by Gasteiger charge is -2.47. The fraction of sp³-hybridized carbons (Fsp3) is 0.529. The van der Waals surface area contributed by atoms with E-state index in [1.54, 1.807) is 12.1 Å². The number of methoxy groups -OCH3 is 1. The number of hydrogen-bond donors (Lipinski definition) is 2. The van der Waals surface area contributed by atoms with Gasteiger partial charge in [0.1, 0.15) is 0 Å². The van der Waals surface area contributed by atoms with Gasteiger partial charge in [0.2, 0.25) is 0 Å². The number of rotatable bonds is 2. The fourth-order valence-corrected chi connectivity index (χ4v) is 3.09. The van der Waals surface area contributed by atoms with Gasteiger partial charge in [-0.05, 0) is 17.5 Å². The Balaban J connectivity index is 2.34. The molecule has 1 aromatic carbocycles. The summed E-state index contributed by atoms with van der Waals surface area (Å²) in [4.78, 5) is 26.9. The predicted molar refractivity (Wildman–Crippen MR) is 92.4 cm³/mol. The zero-order valence-corrected chi connectivity index (χ0v) is 14.6. The molecule has 1 amide bonds. The van der Waals surface area contributed by atoms with Gasteiger partial charge in [0.25, 0.3) is 0 Å². The standard InChI is InChI=1S/C17H25N3O4/c1-17(2,3)13-10-19(8-9-20(13)16(22)23)12-7-5-6-11(14(12)18)15(21)24-4/h5-7,13H,8-10,18H2,1-4H3,(H,22,23). The Morgan fingerprint density at radius 2 is 1.96 bits per heavy atom. The van der Waals surface area contributed by atoms with Crippen LogP contribution < -0.4 is 10.6 Å². The van der Waals surface area contributed by atoms with Crippen LogP contribution >= 0.6 is 0 Å². The third kappa shape index (κ3) is 3.39. The Labute approximate surface area is 142 Å². The van der Waals surface area contributed by atoms with Crippen LogP contribution in [0.5, 0.6) is 0 Å². The molecule has 1 atom stereocenters. The summed E-state index contributed by atoms with van der Waals surface area (Å²) in [6.07, 6.45) is -0.911. The lowest BCUT2D eigenvalue weighted by molar-refractivity contribution is 0.0602. The second-order valence-corrected chi connectivity index (χ2v) is 7.03. The molecular formula is C17H25N3O4. The number of carbonyl (C=O) groups is 2. The molecule has 7 heteroatoms. The Kier molecular flexibility index (Phi) is 4.91. The van der Waals surface area contributed by atoms with Crippen LogP contribution in [0.3, 0.4) is 0 Å². The van der Waals surface area contributed by atoms with Crippen LogP contribution in [0.1, 0.15) is 31.1 Å². The maximum absolute atomic E-state index is 11.8. The van der Waals surface area contributed by atoms with Gasteiger partial charge < -0.3 is 25.4 Å². The number of nitrogens with zero attached hydrogens (tertiary/aromatic N) is 2. The lowest BCUT2D eigenvalue weighted by Crippen LogP contribution is -2.59. The van der Waals surface area contributed by atoms with E-state index in [1.807, 2.05) is 31.7 Å². The fourth-order valence-electron chi connectivity index (χ4n) is 3.09. The number of carbonyl (C=O) groups excluding carboxylic acids is 1. The lowest BCUT2D eigenvalue weighted by atomic mass is 9.84. The maximum atomic E-state index is 11.8. The summed E-state index contributed by atoms with van der Waals surface area (Å²) in [5.41, 5.74) is 7.37. The highest BCUT2D eigenvalue weighted by Gasteiger charge is 2.38. The topological polar surface area (TPSA) is 96.1 Å². The number of amides is 1. The number of carboxylic acid groups (broad SMARTS) is 1. The number of esters is 1. The summed E-state index contributed by atoms with van der Waals surface area (Å²) in [7, 11) is 1.32. The molecule has 2 rings (SSSR count). The van der Waals surface area contributed by atoms with E-state index in [0.717, 1.165) is 5.69 Å². The summed E-state index contributed by atoms with van der Waals surface area (Å²) in [5, 5.41) is 9.45. The Morgan fingerprint density at radius 3 is 2.50 bits per heavy atom. The quantitative estimate of drug-likeness (QED) is 0.636. The molecule has 7 nitrogen and oxygen atoms in total. The first-order valence-corrected chi connectivity index (χ1v) is 7.88. The molecule has 3 N–H and O–H groups in total. The Morgan fingerprint density at radius 1 is 1.29 bits per heavy atom. The van der Waals surface area contributed by atoms with Crippen molar-refractivity contribution in [2.45, 2.75) is 26.8 Å². The van der Waals surface area contributed by atoms with Crippen LogP contribution in [-0.4, -0.2) is 54.9 Å². The van der Waals surface area contributed by atoms with Crippen LogP contribution in [-0.2, 0) is 4.74 Å². The molecule has 1 aliphatic heterocycles. The largest absolute Gasteiger partial charge is 0.465 e. The smallest absolute Gasteiger partial charge is 0.407 e. The molecule has 1 aromatic rings. The summed E-state index contributed by atoms with van der Waals surface area (Å²) in [5.74, 6) is -0.481. The number of anilines is 2. The highest BCUT2D eigenvalue weighted by atomic mass is 16.5. The van der Waals surface area contributed by atoms with E-state index in [2.05, 4.69) is 0 Å². The molecule has 0 radical (unpaired) electrons. The van der Waals surface area contributed by atoms with E-state index in [0.29, 0.717) is 30.9 Å². The Bertz CT molecular complexity index is 639. The van der Waals surface area contributed by atoms with Crippen molar-refractivity contribution in [3.8, 4) is 0 Å². The highest BCUT2D eigenvalue weighted by Crippen LogP contribution is 2.33. The molecule has 1 unspecified atom stereocenters. The van der Waals surface area contributed by atoms with Gasteiger partial charge in [-0.1, -0.05) is 26.8 Å².